The zero-order valence-corrected chi connectivity index (χ0v) is 14.4. The van der Waals surface area contributed by atoms with Crippen molar-refractivity contribution in [1.29, 1.82) is 0 Å². The third-order valence-corrected chi connectivity index (χ3v) is 4.15. The second-order valence-electron chi connectivity index (χ2n) is 6.16. The maximum Gasteiger partial charge on any atom is 0.142 e. The monoisotopic (exact) mass is 341 g/mol. The van der Waals surface area contributed by atoms with Gasteiger partial charge in [-0.15, -0.1) is 0 Å². The molecule has 2 aromatic rings. The van der Waals surface area contributed by atoms with Gasteiger partial charge in [0, 0.05) is 29.4 Å². The van der Waals surface area contributed by atoms with Crippen LogP contribution < -0.4 is 5.32 Å². The molecular weight excluding hydrogens is 321 g/mol. The van der Waals surface area contributed by atoms with Crippen LogP contribution in [0, 0.1) is 18.7 Å². The third kappa shape index (κ3) is 3.81. The third-order valence-electron chi connectivity index (χ3n) is 4.15. The van der Waals surface area contributed by atoms with E-state index in [0.29, 0.717) is 12.4 Å². The summed E-state index contributed by atoms with van der Waals surface area (Å²) in [5.41, 5.74) is 2.38. The van der Waals surface area contributed by atoms with Crippen LogP contribution in [0.5, 0.6) is 0 Å². The molecule has 1 aromatic carbocycles. The summed E-state index contributed by atoms with van der Waals surface area (Å²) in [6, 6.07) is 6.05. The summed E-state index contributed by atoms with van der Waals surface area (Å²) >= 11 is 0. The van der Waals surface area contributed by atoms with Crippen LogP contribution in [-0.4, -0.2) is 32.6 Å². The molecule has 0 radical (unpaired) electrons. The summed E-state index contributed by atoms with van der Waals surface area (Å²) in [5.74, 6) is 0.0635. The van der Waals surface area contributed by atoms with Gasteiger partial charge in [0.05, 0.1) is 12.5 Å². The number of hydrazone groups is 1. The molecule has 1 N–H and O–H groups in total. The van der Waals surface area contributed by atoms with Gasteiger partial charge in [-0.3, -0.25) is 9.80 Å². The van der Waals surface area contributed by atoms with Crippen molar-refractivity contribution in [3.63, 3.8) is 0 Å². The fourth-order valence-corrected chi connectivity index (χ4v) is 2.94. The second-order valence-corrected chi connectivity index (χ2v) is 6.16. The van der Waals surface area contributed by atoms with Crippen LogP contribution in [-0.2, 0) is 11.3 Å². The summed E-state index contributed by atoms with van der Waals surface area (Å²) in [7, 11) is 0. The molecule has 0 amide bonds. The predicted molar refractivity (Wildman–Crippen MR) is 93.4 cm³/mol. The molecule has 25 heavy (non-hydrogen) atoms. The molecule has 1 aliphatic rings. The van der Waals surface area contributed by atoms with Crippen LogP contribution in [0.1, 0.15) is 25.2 Å². The molecule has 1 aliphatic heterocycles. The predicted octanol–water partition coefficient (Wildman–Crippen LogP) is 2.76. The Morgan fingerprint density at radius 1 is 1.20 bits per heavy atom. The van der Waals surface area contributed by atoms with Gasteiger partial charge in [0.15, 0.2) is 0 Å². The SMILES string of the molecule is CC(=O)C1C(C)=NN(Cc2cnc(C)nc2)C1Nc1ccc(F)cc1. The van der Waals surface area contributed by atoms with Crippen molar-refractivity contribution in [2.75, 3.05) is 5.32 Å². The lowest BCUT2D eigenvalue weighted by atomic mass is 9.97. The first-order valence-electron chi connectivity index (χ1n) is 8.06. The Labute approximate surface area is 145 Å². The molecule has 3 rings (SSSR count). The minimum absolute atomic E-state index is 0.0310. The Hall–Kier alpha value is -2.83. The average Bonchev–Trinajstić information content (AvgIpc) is 2.87. The van der Waals surface area contributed by atoms with Gasteiger partial charge in [-0.25, -0.2) is 14.4 Å². The van der Waals surface area contributed by atoms with Gasteiger partial charge < -0.3 is 5.32 Å². The molecule has 1 aromatic heterocycles. The number of anilines is 1. The van der Waals surface area contributed by atoms with Crippen LogP contribution in [0.4, 0.5) is 10.1 Å². The highest BCUT2D eigenvalue weighted by Gasteiger charge is 2.38. The summed E-state index contributed by atoms with van der Waals surface area (Å²) < 4.78 is 13.1. The Morgan fingerprint density at radius 2 is 1.84 bits per heavy atom. The minimum atomic E-state index is -0.364. The fraction of sp³-hybridized carbons (Fsp3) is 0.333. The molecule has 0 fully saturated rings. The molecule has 2 atom stereocenters. The van der Waals surface area contributed by atoms with Gasteiger partial charge in [-0.05, 0) is 45.0 Å². The van der Waals surface area contributed by atoms with E-state index in [2.05, 4.69) is 20.4 Å². The van der Waals surface area contributed by atoms with Gasteiger partial charge in [0.1, 0.15) is 23.6 Å². The van der Waals surface area contributed by atoms with Crippen LogP contribution in [0.15, 0.2) is 41.8 Å². The summed E-state index contributed by atoms with van der Waals surface area (Å²) in [5, 5.41) is 9.65. The topological polar surface area (TPSA) is 70.5 Å². The molecule has 0 bridgehead atoms. The standard InChI is InChI=1S/C18H20FN5O/c1-11-17(12(2)25)18(22-16-6-4-15(19)5-7-16)24(23-11)10-14-8-20-13(3)21-9-14/h4-9,17-18,22H,10H2,1-3H3. The summed E-state index contributed by atoms with van der Waals surface area (Å²) in [6.45, 7) is 5.70. The number of ketones is 1. The Morgan fingerprint density at radius 3 is 2.44 bits per heavy atom. The van der Waals surface area contributed by atoms with Gasteiger partial charge in [-0.1, -0.05) is 0 Å². The lowest BCUT2D eigenvalue weighted by Crippen LogP contribution is -2.42. The lowest BCUT2D eigenvalue weighted by Gasteiger charge is -2.28. The number of halogens is 1. The molecule has 0 spiro atoms. The molecule has 0 saturated heterocycles. The Kier molecular flexibility index (Phi) is 4.74. The van der Waals surface area contributed by atoms with E-state index >= 15 is 0 Å². The number of aromatic nitrogens is 2. The fourth-order valence-electron chi connectivity index (χ4n) is 2.94. The van der Waals surface area contributed by atoms with Crippen LogP contribution in [0.2, 0.25) is 0 Å². The first kappa shape index (κ1) is 17.0. The second kappa shape index (κ2) is 6.96. The normalized spacial score (nSPS) is 19.7. The maximum atomic E-state index is 13.1. The van der Waals surface area contributed by atoms with Crippen LogP contribution >= 0.6 is 0 Å². The number of benzene rings is 1. The number of Topliss-reactive ketones (excluding diaryl/α,β-unsaturated/α-hetero) is 1. The molecule has 7 heteroatoms. The van der Waals surface area contributed by atoms with Crippen LogP contribution in [0.25, 0.3) is 0 Å². The van der Waals surface area contributed by atoms with Crippen molar-refractivity contribution in [3.05, 3.63) is 53.9 Å². The Bertz CT molecular complexity index is 788. The minimum Gasteiger partial charge on any atom is -0.363 e. The van der Waals surface area contributed by atoms with E-state index in [1.165, 1.54) is 12.1 Å². The zero-order valence-electron chi connectivity index (χ0n) is 14.4. The van der Waals surface area contributed by atoms with Gasteiger partial charge in [0.2, 0.25) is 0 Å². The molecule has 130 valence electrons. The van der Waals surface area contributed by atoms with Gasteiger partial charge in [-0.2, -0.15) is 5.10 Å². The van der Waals surface area contributed by atoms with Gasteiger partial charge >= 0.3 is 0 Å². The number of aryl methyl sites for hydroxylation is 1. The largest absolute Gasteiger partial charge is 0.363 e. The van der Waals surface area contributed by atoms with Crippen molar-refractivity contribution in [2.45, 2.75) is 33.5 Å². The van der Waals surface area contributed by atoms with Gasteiger partial charge in [0.25, 0.3) is 0 Å². The highest BCUT2D eigenvalue weighted by molar-refractivity contribution is 6.05. The molecule has 0 saturated carbocycles. The first-order valence-corrected chi connectivity index (χ1v) is 8.06. The van der Waals surface area contributed by atoms with Crippen LogP contribution in [0.3, 0.4) is 0 Å². The molecule has 2 unspecified atom stereocenters. The van der Waals surface area contributed by atoms with E-state index in [1.54, 1.807) is 31.5 Å². The maximum absolute atomic E-state index is 13.1. The first-order chi connectivity index (χ1) is 11.9. The highest BCUT2D eigenvalue weighted by Crippen LogP contribution is 2.26. The van der Waals surface area contributed by atoms with Crippen molar-refractivity contribution < 1.29 is 9.18 Å². The van der Waals surface area contributed by atoms with Crippen molar-refractivity contribution in [2.24, 2.45) is 11.0 Å². The summed E-state index contributed by atoms with van der Waals surface area (Å²) in [6.07, 6.45) is 3.16. The van der Waals surface area contributed by atoms with E-state index in [9.17, 15) is 9.18 Å². The van der Waals surface area contributed by atoms with E-state index in [-0.39, 0.29) is 23.7 Å². The smallest absolute Gasteiger partial charge is 0.142 e. The molecule has 2 heterocycles. The average molecular weight is 341 g/mol. The molecule has 6 nitrogen and oxygen atoms in total. The highest BCUT2D eigenvalue weighted by atomic mass is 19.1. The number of carbonyl (C=O) groups excluding carboxylic acids is 1. The number of hydrogen-bond donors (Lipinski definition) is 1. The zero-order chi connectivity index (χ0) is 18.0. The van der Waals surface area contributed by atoms with Crippen molar-refractivity contribution in [3.8, 4) is 0 Å². The number of hydrogen-bond acceptors (Lipinski definition) is 6. The number of nitrogens with one attached hydrogen (secondary N) is 1. The van der Waals surface area contributed by atoms with E-state index in [1.807, 2.05) is 18.9 Å². The van der Waals surface area contributed by atoms with Crippen molar-refractivity contribution in [1.82, 2.24) is 15.0 Å². The molecular formula is C18H20FN5O. The molecule has 0 aliphatic carbocycles. The quantitative estimate of drug-likeness (QED) is 0.905. The Balaban J connectivity index is 1.84. The lowest BCUT2D eigenvalue weighted by molar-refractivity contribution is -0.119. The van der Waals surface area contributed by atoms with E-state index in [0.717, 1.165) is 17.0 Å². The number of nitrogens with zero attached hydrogens (tertiary/aromatic N) is 4. The number of carbonyl (C=O) groups is 1. The van der Waals surface area contributed by atoms with E-state index in [4.69, 9.17) is 0 Å². The van der Waals surface area contributed by atoms with E-state index < -0.39 is 0 Å². The van der Waals surface area contributed by atoms with Crippen molar-refractivity contribution >= 4 is 17.2 Å². The number of rotatable bonds is 5. The summed E-state index contributed by atoms with van der Waals surface area (Å²) in [4.78, 5) is 20.5.